The summed E-state index contributed by atoms with van der Waals surface area (Å²) < 4.78 is 5.67. The quantitative estimate of drug-likeness (QED) is 0.692. The second-order valence-electron chi connectivity index (χ2n) is 3.88. The van der Waals surface area contributed by atoms with Crippen molar-refractivity contribution >= 4 is 12.2 Å². The van der Waals surface area contributed by atoms with Crippen molar-refractivity contribution in [2.24, 2.45) is 0 Å². The van der Waals surface area contributed by atoms with Crippen molar-refractivity contribution in [3.05, 3.63) is 41.3 Å². The molecule has 1 aromatic carbocycles. The molecule has 4 nitrogen and oxygen atoms in total. The third kappa shape index (κ3) is 4.10. The van der Waals surface area contributed by atoms with E-state index in [9.17, 15) is 0 Å². The molecule has 1 aliphatic heterocycles. The van der Waals surface area contributed by atoms with Gasteiger partial charge in [-0.15, -0.1) is 0 Å². The molecule has 1 aliphatic rings. The molecule has 96 valence electrons. The third-order valence-corrected chi connectivity index (χ3v) is 2.75. The summed E-state index contributed by atoms with van der Waals surface area (Å²) in [5, 5.41) is 3.16. The lowest BCUT2D eigenvalue weighted by atomic mass is 10.2. The van der Waals surface area contributed by atoms with Gasteiger partial charge in [0, 0.05) is 19.3 Å². The van der Waals surface area contributed by atoms with Gasteiger partial charge in [0.15, 0.2) is 4.77 Å². The Labute approximate surface area is 111 Å². The monoisotopic (exact) mass is 263 g/mol. The molecule has 3 N–H and O–H groups in total. The van der Waals surface area contributed by atoms with Crippen molar-refractivity contribution in [2.75, 3.05) is 26.3 Å². The lowest BCUT2D eigenvalue weighted by molar-refractivity contribution is 0.109. The van der Waals surface area contributed by atoms with E-state index in [-0.39, 0.29) is 0 Å². The average molecular weight is 263 g/mol. The molecule has 0 aliphatic carbocycles. The summed E-state index contributed by atoms with van der Waals surface area (Å²) in [6, 6.07) is 10.1. The fourth-order valence-corrected chi connectivity index (χ4v) is 1.79. The van der Waals surface area contributed by atoms with E-state index >= 15 is 0 Å². The highest BCUT2D eigenvalue weighted by Crippen LogP contribution is 2.14. The molecule has 0 bridgehead atoms. The molecule has 5 heteroatoms. The van der Waals surface area contributed by atoms with Crippen molar-refractivity contribution in [2.45, 2.75) is 0 Å². The van der Waals surface area contributed by atoms with E-state index < -0.39 is 0 Å². The first-order chi connectivity index (χ1) is 8.86. The standard InChI is InChI=1S/C9H8N2S.C4H9NO/c12-9-10-6-8(11-9)7-4-2-1-3-5-7;1-3-6-4-2-5-1/h1-6H,(H2,10,11,12);5H,1-4H2. The molecule has 2 heterocycles. The number of morpholine rings is 1. The zero-order valence-corrected chi connectivity index (χ0v) is 10.9. The molecule has 18 heavy (non-hydrogen) atoms. The van der Waals surface area contributed by atoms with Gasteiger partial charge in [0.2, 0.25) is 0 Å². The maximum absolute atomic E-state index is 5.01. The van der Waals surface area contributed by atoms with Gasteiger partial charge in [0.1, 0.15) is 0 Å². The number of hydrogen-bond acceptors (Lipinski definition) is 3. The number of benzene rings is 1. The van der Waals surface area contributed by atoms with Gasteiger partial charge in [-0.05, 0) is 17.8 Å². The molecule has 3 rings (SSSR count). The predicted octanol–water partition coefficient (Wildman–Crippen LogP) is 2.35. The summed E-state index contributed by atoms with van der Waals surface area (Å²) in [7, 11) is 0. The molecule has 0 radical (unpaired) electrons. The molecule has 1 fully saturated rings. The fourth-order valence-electron chi connectivity index (χ4n) is 1.62. The summed E-state index contributed by atoms with van der Waals surface area (Å²) in [4.78, 5) is 5.98. The number of rotatable bonds is 1. The zero-order chi connectivity index (χ0) is 12.6. The third-order valence-electron chi connectivity index (χ3n) is 2.53. The summed E-state index contributed by atoms with van der Waals surface area (Å²) in [5.41, 5.74) is 2.17. The van der Waals surface area contributed by atoms with Gasteiger partial charge in [-0.25, -0.2) is 0 Å². The van der Waals surface area contributed by atoms with Crippen LogP contribution in [0.4, 0.5) is 0 Å². The van der Waals surface area contributed by atoms with Gasteiger partial charge in [0.25, 0.3) is 0 Å². The smallest absolute Gasteiger partial charge is 0.174 e. The second-order valence-corrected chi connectivity index (χ2v) is 4.29. The van der Waals surface area contributed by atoms with Crippen LogP contribution < -0.4 is 5.32 Å². The van der Waals surface area contributed by atoms with Gasteiger partial charge < -0.3 is 20.0 Å². The highest BCUT2D eigenvalue weighted by Gasteiger charge is 1.95. The van der Waals surface area contributed by atoms with Gasteiger partial charge >= 0.3 is 0 Å². The fraction of sp³-hybridized carbons (Fsp3) is 0.308. The molecule has 1 saturated heterocycles. The number of nitrogens with one attached hydrogen (secondary N) is 3. The van der Waals surface area contributed by atoms with Crippen LogP contribution in [0.15, 0.2) is 36.5 Å². The molecule has 0 amide bonds. The Bertz CT molecular complexity index is 491. The molecule has 1 aromatic heterocycles. The minimum atomic E-state index is 0.661. The number of imidazole rings is 1. The molecule has 0 saturated carbocycles. The largest absolute Gasteiger partial charge is 0.379 e. The number of aromatic amines is 2. The number of ether oxygens (including phenoxy) is 1. The van der Waals surface area contributed by atoms with E-state index in [1.54, 1.807) is 0 Å². The maximum Gasteiger partial charge on any atom is 0.174 e. The van der Waals surface area contributed by atoms with Gasteiger partial charge in [-0.3, -0.25) is 0 Å². The number of H-pyrrole nitrogens is 2. The maximum atomic E-state index is 5.01. The van der Waals surface area contributed by atoms with Crippen molar-refractivity contribution < 1.29 is 4.74 Å². The molecule has 0 spiro atoms. The Kier molecular flexibility index (Phi) is 5.14. The topological polar surface area (TPSA) is 52.8 Å². The first-order valence-corrected chi connectivity index (χ1v) is 6.38. The van der Waals surface area contributed by atoms with Gasteiger partial charge in [-0.1, -0.05) is 30.3 Å². The number of hydrogen-bond donors (Lipinski definition) is 3. The highest BCUT2D eigenvalue weighted by atomic mass is 32.1. The molecular weight excluding hydrogens is 246 g/mol. The Morgan fingerprint density at radius 1 is 1.06 bits per heavy atom. The minimum absolute atomic E-state index is 0.661. The number of aromatic nitrogens is 2. The Morgan fingerprint density at radius 3 is 2.22 bits per heavy atom. The molecule has 2 aromatic rings. The van der Waals surface area contributed by atoms with E-state index in [1.807, 2.05) is 36.5 Å². The van der Waals surface area contributed by atoms with Crippen LogP contribution in [0.5, 0.6) is 0 Å². The van der Waals surface area contributed by atoms with Crippen LogP contribution in [0.2, 0.25) is 0 Å². The molecule has 0 atom stereocenters. The average Bonchev–Trinajstić information content (AvgIpc) is 2.89. The Morgan fingerprint density at radius 2 is 1.78 bits per heavy atom. The Balaban J connectivity index is 0.000000169. The molecular formula is C13H17N3OS. The summed E-state index contributed by atoms with van der Waals surface area (Å²) in [6.07, 6.45) is 1.87. The van der Waals surface area contributed by atoms with E-state index in [1.165, 1.54) is 0 Å². The van der Waals surface area contributed by atoms with E-state index in [0.717, 1.165) is 37.6 Å². The van der Waals surface area contributed by atoms with Crippen LogP contribution in [-0.2, 0) is 4.74 Å². The van der Waals surface area contributed by atoms with Crippen LogP contribution in [-0.4, -0.2) is 36.3 Å². The van der Waals surface area contributed by atoms with Crippen molar-refractivity contribution in [3.63, 3.8) is 0 Å². The van der Waals surface area contributed by atoms with Crippen molar-refractivity contribution in [1.82, 2.24) is 15.3 Å². The second kappa shape index (κ2) is 7.10. The van der Waals surface area contributed by atoms with E-state index in [0.29, 0.717) is 4.77 Å². The summed E-state index contributed by atoms with van der Waals surface area (Å²) >= 11 is 4.92. The summed E-state index contributed by atoms with van der Waals surface area (Å²) in [6.45, 7) is 3.83. The SMILES string of the molecule is C1COCCN1.S=c1[nH]cc(-c2ccccc2)[nH]1. The highest BCUT2D eigenvalue weighted by molar-refractivity contribution is 7.71. The lowest BCUT2D eigenvalue weighted by Gasteiger charge is -2.10. The predicted molar refractivity (Wildman–Crippen MR) is 75.1 cm³/mol. The van der Waals surface area contributed by atoms with Crippen LogP contribution >= 0.6 is 12.2 Å². The zero-order valence-electron chi connectivity index (χ0n) is 10.1. The van der Waals surface area contributed by atoms with E-state index in [4.69, 9.17) is 17.0 Å². The molecule has 0 unspecified atom stereocenters. The first-order valence-electron chi connectivity index (χ1n) is 5.98. The van der Waals surface area contributed by atoms with E-state index in [2.05, 4.69) is 15.3 Å². The van der Waals surface area contributed by atoms with Crippen molar-refractivity contribution in [1.29, 1.82) is 0 Å². The lowest BCUT2D eigenvalue weighted by Crippen LogP contribution is -2.30. The van der Waals surface area contributed by atoms with Crippen LogP contribution in [0, 0.1) is 4.77 Å². The van der Waals surface area contributed by atoms with Gasteiger partial charge in [0.05, 0.1) is 18.9 Å². The first kappa shape index (κ1) is 13.0. The van der Waals surface area contributed by atoms with Crippen LogP contribution in [0.25, 0.3) is 11.3 Å². The Hall–Kier alpha value is -1.43. The van der Waals surface area contributed by atoms with Crippen molar-refractivity contribution in [3.8, 4) is 11.3 Å². The van der Waals surface area contributed by atoms with Crippen LogP contribution in [0.3, 0.4) is 0 Å². The normalized spacial score (nSPS) is 14.7. The van der Waals surface area contributed by atoms with Gasteiger partial charge in [-0.2, -0.15) is 0 Å². The van der Waals surface area contributed by atoms with Crippen LogP contribution in [0.1, 0.15) is 0 Å². The summed E-state index contributed by atoms with van der Waals surface area (Å²) in [5.74, 6) is 0. The minimum Gasteiger partial charge on any atom is -0.379 e.